The SMILES string of the molecule is C=C(CC)C(=O)c1ccc(OCC(=O)OCCCOC(=O)COc2ccc(C(=O)C(=C)CC)c(Cl)c2Cl)c(Cl)c1Cl. The molecule has 0 aliphatic carbocycles. The van der Waals surface area contributed by atoms with Crippen LogP contribution in [0.3, 0.4) is 0 Å². The molecule has 41 heavy (non-hydrogen) atoms. The highest BCUT2D eigenvalue weighted by atomic mass is 35.5. The first kappa shape index (κ1) is 34.2. The van der Waals surface area contributed by atoms with Gasteiger partial charge in [0.25, 0.3) is 0 Å². The molecule has 0 heterocycles. The number of benzene rings is 2. The summed E-state index contributed by atoms with van der Waals surface area (Å²) in [5, 5.41) is -0.0326. The Hall–Kier alpha value is -3.04. The summed E-state index contributed by atoms with van der Waals surface area (Å²) in [6.07, 6.45) is 1.14. The van der Waals surface area contributed by atoms with E-state index in [1.54, 1.807) is 13.8 Å². The van der Waals surface area contributed by atoms with Crippen LogP contribution in [0.2, 0.25) is 20.1 Å². The van der Waals surface area contributed by atoms with Crippen LogP contribution < -0.4 is 9.47 Å². The van der Waals surface area contributed by atoms with Gasteiger partial charge in [-0.15, -0.1) is 0 Å². The molecule has 0 aliphatic rings. The quantitative estimate of drug-likeness (QED) is 0.0798. The van der Waals surface area contributed by atoms with Crippen LogP contribution in [0, 0.1) is 0 Å². The summed E-state index contributed by atoms with van der Waals surface area (Å²) in [4.78, 5) is 48.6. The van der Waals surface area contributed by atoms with E-state index in [0.717, 1.165) is 0 Å². The van der Waals surface area contributed by atoms with E-state index in [1.165, 1.54) is 24.3 Å². The Balaban J connectivity index is 1.73. The molecular weight excluding hydrogens is 618 g/mol. The van der Waals surface area contributed by atoms with Crippen molar-refractivity contribution in [3.8, 4) is 11.5 Å². The fourth-order valence-corrected chi connectivity index (χ4v) is 4.05. The molecule has 220 valence electrons. The van der Waals surface area contributed by atoms with Gasteiger partial charge in [-0.3, -0.25) is 9.59 Å². The third kappa shape index (κ3) is 9.50. The number of allylic oxidation sites excluding steroid dienone is 2. The van der Waals surface area contributed by atoms with Gasteiger partial charge in [0.15, 0.2) is 24.8 Å². The van der Waals surface area contributed by atoms with Gasteiger partial charge in [0.05, 0.1) is 23.3 Å². The average Bonchev–Trinajstić information content (AvgIpc) is 2.96. The molecule has 0 radical (unpaired) electrons. The second-order valence-electron chi connectivity index (χ2n) is 8.42. The predicted octanol–water partition coefficient (Wildman–Crippen LogP) is 7.53. The maximum absolute atomic E-state index is 12.3. The Bertz CT molecular complexity index is 1250. The summed E-state index contributed by atoms with van der Waals surface area (Å²) in [7, 11) is 0. The van der Waals surface area contributed by atoms with Gasteiger partial charge in [-0.1, -0.05) is 73.4 Å². The summed E-state index contributed by atoms with van der Waals surface area (Å²) in [6.45, 7) is 9.98. The average molecular weight is 646 g/mol. The van der Waals surface area contributed by atoms with Gasteiger partial charge in [-0.25, -0.2) is 9.59 Å². The highest BCUT2D eigenvalue weighted by Gasteiger charge is 2.20. The van der Waals surface area contributed by atoms with Gasteiger partial charge in [-0.05, 0) is 48.3 Å². The molecule has 2 aromatic rings. The molecule has 0 N–H and O–H groups in total. The Morgan fingerprint density at radius 3 is 1.34 bits per heavy atom. The minimum Gasteiger partial charge on any atom is -0.480 e. The molecule has 0 aromatic heterocycles. The number of esters is 2. The van der Waals surface area contributed by atoms with Crippen LogP contribution in [0.5, 0.6) is 11.5 Å². The highest BCUT2D eigenvalue weighted by molar-refractivity contribution is 6.46. The van der Waals surface area contributed by atoms with Crippen LogP contribution in [-0.4, -0.2) is 49.9 Å². The van der Waals surface area contributed by atoms with Gasteiger partial charge < -0.3 is 18.9 Å². The van der Waals surface area contributed by atoms with Crippen LogP contribution >= 0.6 is 46.4 Å². The van der Waals surface area contributed by atoms with E-state index in [2.05, 4.69) is 13.2 Å². The van der Waals surface area contributed by atoms with Crippen molar-refractivity contribution in [1.29, 1.82) is 0 Å². The lowest BCUT2D eigenvalue weighted by Gasteiger charge is -2.12. The third-order valence-electron chi connectivity index (χ3n) is 5.58. The fraction of sp³-hybridized carbons (Fsp3) is 0.310. The van der Waals surface area contributed by atoms with Crippen LogP contribution in [0.25, 0.3) is 0 Å². The topological polar surface area (TPSA) is 105 Å². The Morgan fingerprint density at radius 1 is 0.634 bits per heavy atom. The van der Waals surface area contributed by atoms with Crippen molar-refractivity contribution >= 4 is 69.9 Å². The molecular formula is C29H28Cl4O8. The molecule has 0 spiro atoms. The second kappa shape index (κ2) is 16.4. The first-order chi connectivity index (χ1) is 19.4. The van der Waals surface area contributed by atoms with Gasteiger partial charge in [-0.2, -0.15) is 0 Å². The molecule has 0 bridgehead atoms. The smallest absolute Gasteiger partial charge is 0.344 e. The van der Waals surface area contributed by atoms with Gasteiger partial charge in [0.2, 0.25) is 0 Å². The minimum atomic E-state index is -0.692. The molecule has 2 rings (SSSR count). The Labute approximate surface area is 258 Å². The van der Waals surface area contributed by atoms with Crippen LogP contribution in [0.4, 0.5) is 0 Å². The molecule has 8 nitrogen and oxygen atoms in total. The number of Topliss-reactive ketones (excluding diaryl/α,β-unsaturated/α-hetero) is 2. The molecule has 0 saturated carbocycles. The zero-order chi connectivity index (χ0) is 30.7. The lowest BCUT2D eigenvalue weighted by molar-refractivity contribution is -0.148. The van der Waals surface area contributed by atoms with Crippen molar-refractivity contribution in [3.05, 3.63) is 79.8 Å². The lowest BCUT2D eigenvalue weighted by Crippen LogP contribution is -2.18. The van der Waals surface area contributed by atoms with Gasteiger partial charge >= 0.3 is 11.9 Å². The molecule has 0 aliphatic heterocycles. The van der Waals surface area contributed by atoms with Crippen LogP contribution in [-0.2, 0) is 19.1 Å². The van der Waals surface area contributed by atoms with Crippen molar-refractivity contribution in [2.24, 2.45) is 0 Å². The van der Waals surface area contributed by atoms with E-state index in [0.29, 0.717) is 24.0 Å². The third-order valence-corrected chi connectivity index (χ3v) is 7.31. The van der Waals surface area contributed by atoms with E-state index in [4.69, 9.17) is 65.4 Å². The van der Waals surface area contributed by atoms with E-state index in [-0.39, 0.29) is 73.9 Å². The van der Waals surface area contributed by atoms with Crippen LogP contribution in [0.15, 0.2) is 48.6 Å². The second-order valence-corrected chi connectivity index (χ2v) is 9.93. The summed E-state index contributed by atoms with van der Waals surface area (Å²) < 4.78 is 20.8. The Kier molecular flexibility index (Phi) is 13.7. The Morgan fingerprint density at radius 2 is 1.00 bits per heavy atom. The monoisotopic (exact) mass is 644 g/mol. The maximum atomic E-state index is 12.3. The highest BCUT2D eigenvalue weighted by Crippen LogP contribution is 2.37. The van der Waals surface area contributed by atoms with E-state index in [9.17, 15) is 19.2 Å². The van der Waals surface area contributed by atoms with Crippen LogP contribution in [0.1, 0.15) is 53.8 Å². The number of ether oxygens (including phenoxy) is 4. The van der Waals surface area contributed by atoms with Crippen molar-refractivity contribution in [3.63, 3.8) is 0 Å². The summed E-state index contributed by atoms with van der Waals surface area (Å²) in [6, 6.07) is 5.74. The van der Waals surface area contributed by atoms with Gasteiger partial charge in [0.1, 0.15) is 21.5 Å². The lowest BCUT2D eigenvalue weighted by atomic mass is 10.0. The molecule has 2 aromatic carbocycles. The van der Waals surface area contributed by atoms with E-state index in [1.807, 2.05) is 0 Å². The number of rotatable bonds is 16. The number of carbonyl (C=O) groups is 4. The number of halogens is 4. The number of ketones is 2. The minimum absolute atomic E-state index is 0.00123. The summed E-state index contributed by atoms with van der Waals surface area (Å²) >= 11 is 24.8. The first-order valence-electron chi connectivity index (χ1n) is 12.4. The van der Waals surface area contributed by atoms with Crippen molar-refractivity contribution in [2.75, 3.05) is 26.4 Å². The molecule has 0 unspecified atom stereocenters. The van der Waals surface area contributed by atoms with Crippen molar-refractivity contribution < 1.29 is 38.1 Å². The van der Waals surface area contributed by atoms with Crippen molar-refractivity contribution in [1.82, 2.24) is 0 Å². The molecule has 12 heteroatoms. The number of hydrogen-bond acceptors (Lipinski definition) is 8. The zero-order valence-electron chi connectivity index (χ0n) is 22.5. The molecule has 0 atom stereocenters. The fourth-order valence-electron chi connectivity index (χ4n) is 3.13. The van der Waals surface area contributed by atoms with Crippen molar-refractivity contribution in [2.45, 2.75) is 33.1 Å². The summed E-state index contributed by atoms with van der Waals surface area (Å²) in [5.41, 5.74) is 1.14. The molecule has 0 amide bonds. The summed E-state index contributed by atoms with van der Waals surface area (Å²) in [5.74, 6) is -1.83. The largest absolute Gasteiger partial charge is 0.480 e. The van der Waals surface area contributed by atoms with E-state index < -0.39 is 25.2 Å². The molecule has 0 saturated heterocycles. The number of carbonyl (C=O) groups excluding carboxylic acids is 4. The maximum Gasteiger partial charge on any atom is 0.344 e. The number of hydrogen-bond donors (Lipinski definition) is 0. The molecule has 0 fully saturated rings. The first-order valence-corrected chi connectivity index (χ1v) is 13.9. The predicted molar refractivity (Wildman–Crippen MR) is 158 cm³/mol. The normalized spacial score (nSPS) is 10.5. The van der Waals surface area contributed by atoms with Gasteiger partial charge in [0, 0.05) is 17.5 Å². The standard InChI is InChI=1S/C29H28Cl4O8/c1-5-16(3)28(36)18-8-10-20(26(32)24(18)30)40-14-22(34)38-12-7-13-39-23(35)15-41-21-11-9-19(25(31)27(21)33)29(37)17(4)6-2/h8-11H,3-7,12-15H2,1-2H3. The van der Waals surface area contributed by atoms with E-state index >= 15 is 0 Å². The zero-order valence-corrected chi connectivity index (χ0v) is 25.5.